The van der Waals surface area contributed by atoms with E-state index >= 15 is 0 Å². The summed E-state index contributed by atoms with van der Waals surface area (Å²) in [6.45, 7) is 3.38. The van der Waals surface area contributed by atoms with Crippen LogP contribution in [0.5, 0.6) is 0 Å². The summed E-state index contributed by atoms with van der Waals surface area (Å²) in [5, 5.41) is 5.22. The highest BCUT2D eigenvalue weighted by atomic mass is 32.1. The molecule has 0 aliphatic carbocycles. The van der Waals surface area contributed by atoms with E-state index in [0.717, 1.165) is 61.8 Å². The van der Waals surface area contributed by atoms with Crippen LogP contribution in [-0.2, 0) is 11.3 Å². The van der Waals surface area contributed by atoms with Gasteiger partial charge in [0, 0.05) is 38.6 Å². The van der Waals surface area contributed by atoms with Crippen molar-refractivity contribution in [3.05, 3.63) is 34.5 Å². The number of ether oxygens (including phenoxy) is 1. The smallest absolute Gasteiger partial charge is 0.265 e. The molecule has 2 aliphatic rings. The summed E-state index contributed by atoms with van der Waals surface area (Å²) in [7, 11) is 0. The fraction of sp³-hybridized carbons (Fsp3) is 0.588. The average Bonchev–Trinajstić information content (AvgIpc) is 3.36. The SMILES string of the molecule is O=C(c1cnc(C2CCCO2)s1)N1CCC(Cn2cccn2)CC1. The number of carbonyl (C=O) groups is 1. The molecule has 0 aromatic carbocycles. The number of thiazole rings is 1. The Labute approximate surface area is 145 Å². The van der Waals surface area contributed by atoms with E-state index in [2.05, 4.69) is 10.1 Å². The Kier molecular flexibility index (Phi) is 4.62. The van der Waals surface area contributed by atoms with Gasteiger partial charge in [0.15, 0.2) is 0 Å². The maximum atomic E-state index is 12.7. The lowest BCUT2D eigenvalue weighted by molar-refractivity contribution is 0.0686. The van der Waals surface area contributed by atoms with E-state index in [1.807, 2.05) is 28.0 Å². The summed E-state index contributed by atoms with van der Waals surface area (Å²) in [5.74, 6) is 0.715. The summed E-state index contributed by atoms with van der Waals surface area (Å²) in [5.41, 5.74) is 0. The number of piperidine rings is 1. The van der Waals surface area contributed by atoms with Crippen molar-refractivity contribution in [2.75, 3.05) is 19.7 Å². The van der Waals surface area contributed by atoms with Gasteiger partial charge in [-0.15, -0.1) is 11.3 Å². The fourth-order valence-electron chi connectivity index (χ4n) is 3.46. The van der Waals surface area contributed by atoms with E-state index in [9.17, 15) is 4.79 Å². The third-order valence-electron chi connectivity index (χ3n) is 4.85. The minimum absolute atomic E-state index is 0.0938. The quantitative estimate of drug-likeness (QED) is 0.854. The topological polar surface area (TPSA) is 60.2 Å². The first-order chi connectivity index (χ1) is 11.8. The van der Waals surface area contributed by atoms with Gasteiger partial charge in [-0.1, -0.05) is 0 Å². The van der Waals surface area contributed by atoms with E-state index in [4.69, 9.17) is 4.74 Å². The van der Waals surface area contributed by atoms with Gasteiger partial charge >= 0.3 is 0 Å². The molecule has 2 aliphatic heterocycles. The number of hydrogen-bond acceptors (Lipinski definition) is 5. The molecular formula is C17H22N4O2S. The second kappa shape index (κ2) is 7.03. The van der Waals surface area contributed by atoms with Crippen molar-refractivity contribution in [2.24, 2.45) is 5.92 Å². The molecule has 1 unspecified atom stereocenters. The van der Waals surface area contributed by atoms with E-state index < -0.39 is 0 Å². The maximum absolute atomic E-state index is 12.7. The van der Waals surface area contributed by atoms with E-state index in [1.54, 1.807) is 6.20 Å². The van der Waals surface area contributed by atoms with Crippen LogP contribution in [0.4, 0.5) is 0 Å². The lowest BCUT2D eigenvalue weighted by Crippen LogP contribution is -2.39. The number of hydrogen-bond donors (Lipinski definition) is 0. The zero-order valence-electron chi connectivity index (χ0n) is 13.6. The van der Waals surface area contributed by atoms with Crippen molar-refractivity contribution < 1.29 is 9.53 Å². The van der Waals surface area contributed by atoms with Gasteiger partial charge in [0.1, 0.15) is 16.0 Å². The highest BCUT2D eigenvalue weighted by Crippen LogP contribution is 2.32. The Morgan fingerprint density at radius 1 is 1.33 bits per heavy atom. The molecule has 4 heterocycles. The monoisotopic (exact) mass is 346 g/mol. The maximum Gasteiger partial charge on any atom is 0.265 e. The van der Waals surface area contributed by atoms with Crippen molar-refractivity contribution in [3.8, 4) is 0 Å². The van der Waals surface area contributed by atoms with Gasteiger partial charge in [0.05, 0.1) is 6.20 Å². The van der Waals surface area contributed by atoms with Crippen LogP contribution < -0.4 is 0 Å². The van der Waals surface area contributed by atoms with E-state index in [1.165, 1.54) is 11.3 Å². The van der Waals surface area contributed by atoms with E-state index in [-0.39, 0.29) is 12.0 Å². The molecule has 1 amide bonds. The van der Waals surface area contributed by atoms with Gasteiger partial charge in [-0.05, 0) is 37.7 Å². The van der Waals surface area contributed by atoms with E-state index in [0.29, 0.717) is 5.92 Å². The second-order valence-corrected chi connectivity index (χ2v) is 7.59. The molecule has 2 fully saturated rings. The number of nitrogens with zero attached hydrogens (tertiary/aromatic N) is 4. The third kappa shape index (κ3) is 3.37. The summed E-state index contributed by atoms with van der Waals surface area (Å²) in [6.07, 6.45) is 9.79. The van der Waals surface area contributed by atoms with Crippen LogP contribution in [0.2, 0.25) is 0 Å². The number of carbonyl (C=O) groups excluding carboxylic acids is 1. The number of aromatic nitrogens is 3. The molecule has 128 valence electrons. The summed E-state index contributed by atoms with van der Waals surface area (Å²) in [6, 6.07) is 1.95. The lowest BCUT2D eigenvalue weighted by atomic mass is 9.97. The largest absolute Gasteiger partial charge is 0.371 e. The Morgan fingerprint density at radius 3 is 2.92 bits per heavy atom. The minimum Gasteiger partial charge on any atom is -0.371 e. The molecule has 2 saturated heterocycles. The van der Waals surface area contributed by atoms with Gasteiger partial charge in [-0.25, -0.2) is 4.98 Å². The molecule has 0 radical (unpaired) electrons. The molecule has 2 aromatic heterocycles. The Balaban J connectivity index is 1.32. The first-order valence-electron chi connectivity index (χ1n) is 8.63. The van der Waals surface area contributed by atoms with Gasteiger partial charge < -0.3 is 9.64 Å². The predicted molar refractivity (Wildman–Crippen MR) is 90.9 cm³/mol. The van der Waals surface area contributed by atoms with Crippen LogP contribution in [0.3, 0.4) is 0 Å². The summed E-state index contributed by atoms with van der Waals surface area (Å²) in [4.78, 5) is 19.8. The van der Waals surface area contributed by atoms with Crippen molar-refractivity contribution in [1.82, 2.24) is 19.7 Å². The van der Waals surface area contributed by atoms with Crippen LogP contribution in [0.25, 0.3) is 0 Å². The zero-order chi connectivity index (χ0) is 16.4. The van der Waals surface area contributed by atoms with Crippen LogP contribution in [-0.4, -0.2) is 45.3 Å². The molecule has 0 bridgehead atoms. The molecule has 0 spiro atoms. The van der Waals surface area contributed by atoms with Gasteiger partial charge in [0.25, 0.3) is 5.91 Å². The Hall–Kier alpha value is -1.73. The van der Waals surface area contributed by atoms with Crippen LogP contribution in [0.1, 0.15) is 46.5 Å². The van der Waals surface area contributed by atoms with Crippen molar-refractivity contribution in [1.29, 1.82) is 0 Å². The second-order valence-electron chi connectivity index (χ2n) is 6.53. The molecule has 2 aromatic rings. The van der Waals surface area contributed by atoms with Crippen molar-refractivity contribution in [2.45, 2.75) is 38.3 Å². The molecule has 0 saturated carbocycles. The lowest BCUT2D eigenvalue weighted by Gasteiger charge is -2.31. The standard InChI is InChI=1S/C17H22N4O2S/c22-17(15-11-18-16(24-15)14-3-1-10-23-14)20-8-4-13(5-9-20)12-21-7-2-6-19-21/h2,6-7,11,13-14H,1,3-5,8-10,12H2. The summed E-state index contributed by atoms with van der Waals surface area (Å²) < 4.78 is 7.64. The molecule has 0 N–H and O–H groups in total. The molecule has 7 heteroatoms. The first kappa shape index (κ1) is 15.8. The minimum atomic E-state index is 0.0938. The number of amides is 1. The fourth-order valence-corrected chi connectivity index (χ4v) is 4.43. The Bertz CT molecular complexity index is 671. The highest BCUT2D eigenvalue weighted by molar-refractivity contribution is 7.13. The zero-order valence-corrected chi connectivity index (χ0v) is 14.5. The molecule has 4 rings (SSSR count). The van der Waals surface area contributed by atoms with Gasteiger partial charge in [-0.2, -0.15) is 5.10 Å². The van der Waals surface area contributed by atoms with Gasteiger partial charge in [0.2, 0.25) is 0 Å². The Morgan fingerprint density at radius 2 is 2.21 bits per heavy atom. The predicted octanol–water partition coefficient (Wildman–Crippen LogP) is 2.74. The average molecular weight is 346 g/mol. The van der Waals surface area contributed by atoms with Crippen LogP contribution in [0, 0.1) is 5.92 Å². The van der Waals surface area contributed by atoms with Gasteiger partial charge in [-0.3, -0.25) is 9.48 Å². The number of rotatable bonds is 4. The van der Waals surface area contributed by atoms with Crippen LogP contribution >= 0.6 is 11.3 Å². The molecule has 24 heavy (non-hydrogen) atoms. The first-order valence-corrected chi connectivity index (χ1v) is 9.45. The third-order valence-corrected chi connectivity index (χ3v) is 5.92. The number of likely N-dealkylation sites (tertiary alicyclic amines) is 1. The summed E-state index contributed by atoms with van der Waals surface area (Å²) >= 11 is 1.50. The normalized spacial score (nSPS) is 22.2. The molecular weight excluding hydrogens is 324 g/mol. The van der Waals surface area contributed by atoms with Crippen LogP contribution in [0.15, 0.2) is 24.7 Å². The molecule has 1 atom stereocenters. The highest BCUT2D eigenvalue weighted by Gasteiger charge is 2.27. The van der Waals surface area contributed by atoms with Crippen molar-refractivity contribution >= 4 is 17.2 Å². The molecule has 6 nitrogen and oxygen atoms in total. The van der Waals surface area contributed by atoms with Crippen molar-refractivity contribution in [3.63, 3.8) is 0 Å².